The molecule has 0 spiro atoms. The number of carbonyl (C=O) groups is 2. The Labute approximate surface area is 125 Å². The summed E-state index contributed by atoms with van der Waals surface area (Å²) in [5.41, 5.74) is -0.0862. The summed E-state index contributed by atoms with van der Waals surface area (Å²) in [7, 11) is 0. The van der Waals surface area contributed by atoms with Gasteiger partial charge in [-0.1, -0.05) is 13.0 Å². The van der Waals surface area contributed by atoms with Gasteiger partial charge in [0.15, 0.2) is 0 Å². The zero-order valence-corrected chi connectivity index (χ0v) is 13.0. The predicted octanol–water partition coefficient (Wildman–Crippen LogP) is 2.22. The van der Waals surface area contributed by atoms with Gasteiger partial charge in [0.05, 0.1) is 11.0 Å². The van der Waals surface area contributed by atoms with Crippen molar-refractivity contribution >= 4 is 27.7 Å². The Bertz CT molecular complexity index is 564. The number of carbonyl (C=O) groups excluding carboxylic acids is 2. The van der Waals surface area contributed by atoms with Gasteiger partial charge in [0.25, 0.3) is 0 Å². The van der Waals surface area contributed by atoms with E-state index in [-0.39, 0.29) is 30.7 Å². The van der Waals surface area contributed by atoms with Crippen molar-refractivity contribution in [2.75, 3.05) is 6.54 Å². The molecule has 2 amide bonds. The van der Waals surface area contributed by atoms with Crippen molar-refractivity contribution in [2.45, 2.75) is 32.4 Å². The lowest BCUT2D eigenvalue weighted by Gasteiger charge is -2.43. The molecule has 1 aromatic carbocycles. The van der Waals surface area contributed by atoms with Crippen LogP contribution in [0.1, 0.15) is 25.8 Å². The van der Waals surface area contributed by atoms with E-state index in [0.717, 1.165) is 5.56 Å². The maximum Gasteiger partial charge on any atom is 0.246 e. The third kappa shape index (κ3) is 2.57. The average molecular weight is 343 g/mol. The number of amides is 2. The molecular weight excluding hydrogens is 327 g/mol. The molecule has 6 heteroatoms. The zero-order valence-electron chi connectivity index (χ0n) is 11.4. The third-order valence-electron chi connectivity index (χ3n) is 3.80. The maximum atomic E-state index is 13.2. The highest BCUT2D eigenvalue weighted by Crippen LogP contribution is 2.26. The zero-order chi connectivity index (χ0) is 14.9. The molecule has 1 unspecified atom stereocenters. The molecule has 2 rings (SSSR count). The Kier molecular flexibility index (Phi) is 4.13. The fourth-order valence-electron chi connectivity index (χ4n) is 2.27. The molecule has 1 saturated heterocycles. The number of nitrogens with one attached hydrogen (secondary N) is 1. The second-order valence-corrected chi connectivity index (χ2v) is 5.89. The minimum atomic E-state index is -0.865. The summed E-state index contributed by atoms with van der Waals surface area (Å²) in [5.74, 6) is -0.634. The highest BCUT2D eigenvalue weighted by Gasteiger charge is 2.43. The van der Waals surface area contributed by atoms with Gasteiger partial charge < -0.3 is 10.2 Å². The van der Waals surface area contributed by atoms with Crippen molar-refractivity contribution in [1.29, 1.82) is 0 Å². The minimum Gasteiger partial charge on any atom is -0.345 e. The molecule has 0 aliphatic carbocycles. The van der Waals surface area contributed by atoms with E-state index in [0.29, 0.717) is 10.9 Å². The predicted molar refractivity (Wildman–Crippen MR) is 76.4 cm³/mol. The van der Waals surface area contributed by atoms with E-state index in [4.69, 9.17) is 0 Å². The standard InChI is InChI=1S/C14H16BrFN2O2/c1-3-14(2)13(20)17-7-12(19)18(14)8-9-4-5-11(16)10(15)6-9/h4-6H,3,7-8H2,1-2H3,(H,17,20). The van der Waals surface area contributed by atoms with Gasteiger partial charge in [0, 0.05) is 6.54 Å². The van der Waals surface area contributed by atoms with Crippen molar-refractivity contribution in [2.24, 2.45) is 0 Å². The van der Waals surface area contributed by atoms with Gasteiger partial charge in [-0.3, -0.25) is 9.59 Å². The van der Waals surface area contributed by atoms with Crippen LogP contribution < -0.4 is 5.32 Å². The van der Waals surface area contributed by atoms with Gasteiger partial charge in [-0.2, -0.15) is 0 Å². The molecule has 1 atom stereocenters. The molecule has 1 aliphatic rings. The van der Waals surface area contributed by atoms with Crippen LogP contribution >= 0.6 is 15.9 Å². The molecule has 1 aromatic rings. The number of halogens is 2. The number of hydrogen-bond acceptors (Lipinski definition) is 2. The molecule has 0 aromatic heterocycles. The van der Waals surface area contributed by atoms with Crippen LogP contribution in [-0.2, 0) is 16.1 Å². The quantitative estimate of drug-likeness (QED) is 0.915. The molecule has 0 radical (unpaired) electrons. The molecule has 0 saturated carbocycles. The first-order valence-corrected chi connectivity index (χ1v) is 7.20. The van der Waals surface area contributed by atoms with Gasteiger partial charge >= 0.3 is 0 Å². The summed E-state index contributed by atoms with van der Waals surface area (Å²) in [5, 5.41) is 2.61. The first-order chi connectivity index (χ1) is 9.38. The van der Waals surface area contributed by atoms with E-state index in [2.05, 4.69) is 21.2 Å². The van der Waals surface area contributed by atoms with Crippen LogP contribution in [0.2, 0.25) is 0 Å². The first kappa shape index (κ1) is 15.0. The maximum absolute atomic E-state index is 13.2. The highest BCUT2D eigenvalue weighted by atomic mass is 79.9. The monoisotopic (exact) mass is 342 g/mol. The van der Waals surface area contributed by atoms with E-state index in [1.165, 1.54) is 6.07 Å². The molecule has 1 heterocycles. The smallest absolute Gasteiger partial charge is 0.246 e. The minimum absolute atomic E-state index is 0.0107. The van der Waals surface area contributed by atoms with Gasteiger partial charge in [0.2, 0.25) is 11.8 Å². The lowest BCUT2D eigenvalue weighted by Crippen LogP contribution is -2.65. The highest BCUT2D eigenvalue weighted by molar-refractivity contribution is 9.10. The number of rotatable bonds is 3. The summed E-state index contributed by atoms with van der Waals surface area (Å²) in [6.07, 6.45) is 0.521. The van der Waals surface area contributed by atoms with E-state index in [1.807, 2.05) is 6.92 Å². The SMILES string of the molecule is CCC1(C)C(=O)NCC(=O)N1Cc1ccc(F)c(Br)c1. The lowest BCUT2D eigenvalue weighted by molar-refractivity contribution is -0.153. The van der Waals surface area contributed by atoms with E-state index >= 15 is 0 Å². The second kappa shape index (κ2) is 5.52. The van der Waals surface area contributed by atoms with Crippen molar-refractivity contribution in [3.05, 3.63) is 34.1 Å². The summed E-state index contributed by atoms with van der Waals surface area (Å²) in [6.45, 7) is 3.91. The molecule has 20 heavy (non-hydrogen) atoms. The van der Waals surface area contributed by atoms with Crippen LogP contribution in [0.3, 0.4) is 0 Å². The fourth-order valence-corrected chi connectivity index (χ4v) is 2.70. The Balaban J connectivity index is 2.30. The van der Waals surface area contributed by atoms with Crippen molar-refractivity contribution in [3.63, 3.8) is 0 Å². The Morgan fingerprint density at radius 1 is 1.45 bits per heavy atom. The number of hydrogen-bond donors (Lipinski definition) is 1. The van der Waals surface area contributed by atoms with Crippen LogP contribution in [0.25, 0.3) is 0 Å². The molecule has 1 N–H and O–H groups in total. The van der Waals surface area contributed by atoms with Crippen LogP contribution in [0.4, 0.5) is 4.39 Å². The number of benzene rings is 1. The normalized spacial score (nSPS) is 22.9. The fraction of sp³-hybridized carbons (Fsp3) is 0.429. The summed E-state index contributed by atoms with van der Waals surface area (Å²) >= 11 is 3.13. The van der Waals surface area contributed by atoms with E-state index in [9.17, 15) is 14.0 Å². The second-order valence-electron chi connectivity index (χ2n) is 5.04. The van der Waals surface area contributed by atoms with Crippen molar-refractivity contribution in [3.8, 4) is 0 Å². The number of piperazine rings is 1. The topological polar surface area (TPSA) is 49.4 Å². The van der Waals surface area contributed by atoms with Crippen molar-refractivity contribution < 1.29 is 14.0 Å². The first-order valence-electron chi connectivity index (χ1n) is 6.41. The molecule has 4 nitrogen and oxygen atoms in total. The summed E-state index contributed by atoms with van der Waals surface area (Å²) in [4.78, 5) is 25.7. The summed E-state index contributed by atoms with van der Waals surface area (Å²) in [6, 6.07) is 4.60. The van der Waals surface area contributed by atoms with E-state index in [1.54, 1.807) is 24.0 Å². The summed E-state index contributed by atoms with van der Waals surface area (Å²) < 4.78 is 13.6. The molecule has 1 fully saturated rings. The van der Waals surface area contributed by atoms with Gasteiger partial charge in [-0.25, -0.2) is 4.39 Å². The van der Waals surface area contributed by atoms with Gasteiger partial charge in [-0.05, 0) is 47.0 Å². The number of nitrogens with zero attached hydrogens (tertiary/aromatic N) is 1. The Morgan fingerprint density at radius 2 is 2.15 bits per heavy atom. The largest absolute Gasteiger partial charge is 0.345 e. The Morgan fingerprint density at radius 3 is 2.75 bits per heavy atom. The van der Waals surface area contributed by atoms with Gasteiger partial charge in [0.1, 0.15) is 11.4 Å². The lowest BCUT2D eigenvalue weighted by atomic mass is 9.92. The van der Waals surface area contributed by atoms with Crippen LogP contribution in [0.5, 0.6) is 0 Å². The average Bonchev–Trinajstić information content (AvgIpc) is 2.43. The molecule has 108 valence electrons. The van der Waals surface area contributed by atoms with Crippen LogP contribution in [-0.4, -0.2) is 28.8 Å². The molecule has 0 bridgehead atoms. The van der Waals surface area contributed by atoms with Crippen molar-refractivity contribution in [1.82, 2.24) is 10.2 Å². The van der Waals surface area contributed by atoms with Gasteiger partial charge in [-0.15, -0.1) is 0 Å². The Hall–Kier alpha value is -1.43. The third-order valence-corrected chi connectivity index (χ3v) is 4.41. The van der Waals surface area contributed by atoms with Crippen LogP contribution in [0, 0.1) is 5.82 Å². The molecular formula is C14H16BrFN2O2. The van der Waals surface area contributed by atoms with Crippen LogP contribution in [0.15, 0.2) is 22.7 Å². The van der Waals surface area contributed by atoms with E-state index < -0.39 is 5.54 Å². The molecule has 1 aliphatic heterocycles.